The molecule has 0 aromatic heterocycles. The van der Waals surface area contributed by atoms with Gasteiger partial charge in [0, 0.05) is 18.6 Å². The van der Waals surface area contributed by atoms with Crippen LogP contribution < -0.4 is 5.32 Å². The van der Waals surface area contributed by atoms with Crippen LogP contribution in [0.4, 0.5) is 0 Å². The zero-order valence-corrected chi connectivity index (χ0v) is 12.0. The molecule has 0 radical (unpaired) electrons. The van der Waals surface area contributed by atoms with E-state index in [9.17, 15) is 0 Å². The van der Waals surface area contributed by atoms with Gasteiger partial charge in [0.2, 0.25) is 0 Å². The fourth-order valence-electron chi connectivity index (χ4n) is 2.29. The van der Waals surface area contributed by atoms with Crippen LogP contribution in [0, 0.1) is 0 Å². The smallest absolute Gasteiger partial charge is 0.0697 e. The Kier molecular flexibility index (Phi) is 7.09. The minimum Gasteiger partial charge on any atom is -0.375 e. The van der Waals surface area contributed by atoms with Crippen LogP contribution in [0.3, 0.4) is 0 Å². The fraction of sp³-hybridized carbons (Fsp3) is 1.00. The summed E-state index contributed by atoms with van der Waals surface area (Å²) in [5.74, 6) is 0. The van der Waals surface area contributed by atoms with Gasteiger partial charge in [0.1, 0.15) is 0 Å². The van der Waals surface area contributed by atoms with Gasteiger partial charge in [0.15, 0.2) is 0 Å². The molecule has 0 amide bonds. The number of hydrogen-bond acceptors (Lipinski definition) is 3. The van der Waals surface area contributed by atoms with Crippen LogP contribution >= 0.6 is 0 Å². The SMILES string of the molecule is CCC(CNC(C)C)OCC1CCCCN1C. The lowest BCUT2D eigenvalue weighted by molar-refractivity contribution is 0.00203. The number of nitrogens with one attached hydrogen (secondary N) is 1. The van der Waals surface area contributed by atoms with Crippen LogP contribution in [-0.2, 0) is 4.74 Å². The quantitative estimate of drug-likeness (QED) is 0.741. The number of hydrogen-bond donors (Lipinski definition) is 1. The summed E-state index contributed by atoms with van der Waals surface area (Å²) in [7, 11) is 2.22. The van der Waals surface area contributed by atoms with Crippen molar-refractivity contribution in [3.8, 4) is 0 Å². The molecule has 1 saturated heterocycles. The minimum absolute atomic E-state index is 0.368. The summed E-state index contributed by atoms with van der Waals surface area (Å²) in [6.07, 6.45) is 5.46. The van der Waals surface area contributed by atoms with Crippen LogP contribution in [0.2, 0.25) is 0 Å². The van der Waals surface area contributed by atoms with Crippen LogP contribution in [0.5, 0.6) is 0 Å². The first-order valence-corrected chi connectivity index (χ1v) is 7.18. The molecule has 0 aromatic carbocycles. The van der Waals surface area contributed by atoms with E-state index in [2.05, 4.69) is 38.0 Å². The van der Waals surface area contributed by atoms with Gasteiger partial charge in [-0.05, 0) is 32.9 Å². The second-order valence-electron chi connectivity index (χ2n) is 5.56. The maximum atomic E-state index is 6.05. The maximum absolute atomic E-state index is 6.05. The molecule has 102 valence electrons. The number of likely N-dealkylation sites (N-methyl/N-ethyl adjacent to an activating group) is 1. The average molecular weight is 242 g/mol. The normalized spacial score (nSPS) is 24.2. The van der Waals surface area contributed by atoms with Gasteiger partial charge < -0.3 is 15.0 Å². The predicted octanol–water partition coefficient (Wildman–Crippen LogP) is 2.26. The lowest BCUT2D eigenvalue weighted by Crippen LogP contribution is -2.41. The predicted molar refractivity (Wildman–Crippen MR) is 73.4 cm³/mol. The van der Waals surface area contributed by atoms with E-state index in [-0.39, 0.29) is 0 Å². The zero-order valence-electron chi connectivity index (χ0n) is 12.0. The van der Waals surface area contributed by atoms with Crippen molar-refractivity contribution in [1.29, 1.82) is 0 Å². The molecule has 2 unspecified atom stereocenters. The molecule has 0 aliphatic carbocycles. The van der Waals surface area contributed by atoms with E-state index >= 15 is 0 Å². The summed E-state index contributed by atoms with van der Waals surface area (Å²) in [5.41, 5.74) is 0. The summed E-state index contributed by atoms with van der Waals surface area (Å²) in [6.45, 7) is 9.68. The summed E-state index contributed by atoms with van der Waals surface area (Å²) < 4.78 is 6.05. The van der Waals surface area contributed by atoms with Crippen molar-refractivity contribution >= 4 is 0 Å². The highest BCUT2D eigenvalue weighted by Gasteiger charge is 2.20. The largest absolute Gasteiger partial charge is 0.375 e. The van der Waals surface area contributed by atoms with Crippen molar-refractivity contribution in [2.45, 2.75) is 64.6 Å². The fourth-order valence-corrected chi connectivity index (χ4v) is 2.29. The van der Waals surface area contributed by atoms with Crippen LogP contribution in [-0.4, -0.2) is 49.8 Å². The third-order valence-corrected chi connectivity index (χ3v) is 3.65. The molecular weight excluding hydrogens is 212 g/mol. The van der Waals surface area contributed by atoms with Gasteiger partial charge in [0.25, 0.3) is 0 Å². The van der Waals surface area contributed by atoms with Crippen LogP contribution in [0.15, 0.2) is 0 Å². The Morgan fingerprint density at radius 3 is 2.71 bits per heavy atom. The van der Waals surface area contributed by atoms with Gasteiger partial charge in [-0.1, -0.05) is 27.2 Å². The Morgan fingerprint density at radius 2 is 2.12 bits per heavy atom. The highest BCUT2D eigenvalue weighted by molar-refractivity contribution is 4.74. The van der Waals surface area contributed by atoms with E-state index in [0.29, 0.717) is 18.2 Å². The van der Waals surface area contributed by atoms with E-state index < -0.39 is 0 Å². The van der Waals surface area contributed by atoms with Crippen molar-refractivity contribution in [2.24, 2.45) is 0 Å². The third-order valence-electron chi connectivity index (χ3n) is 3.65. The molecule has 17 heavy (non-hydrogen) atoms. The molecule has 3 heteroatoms. The van der Waals surface area contributed by atoms with E-state index in [4.69, 9.17) is 4.74 Å². The third kappa shape index (κ3) is 5.84. The lowest BCUT2D eigenvalue weighted by atomic mass is 10.0. The molecule has 3 nitrogen and oxygen atoms in total. The summed E-state index contributed by atoms with van der Waals surface area (Å²) >= 11 is 0. The molecule has 1 rings (SSSR count). The van der Waals surface area contributed by atoms with Crippen molar-refractivity contribution in [3.63, 3.8) is 0 Å². The Hall–Kier alpha value is -0.120. The Labute approximate surface area is 107 Å². The van der Waals surface area contributed by atoms with E-state index in [0.717, 1.165) is 19.6 Å². The Bertz CT molecular complexity index is 197. The zero-order chi connectivity index (χ0) is 12.7. The first-order chi connectivity index (χ1) is 8.13. The summed E-state index contributed by atoms with van der Waals surface area (Å²) in [6, 6.07) is 1.18. The second kappa shape index (κ2) is 8.06. The molecule has 0 spiro atoms. The maximum Gasteiger partial charge on any atom is 0.0697 e. The van der Waals surface area contributed by atoms with Gasteiger partial charge in [-0.25, -0.2) is 0 Å². The Morgan fingerprint density at radius 1 is 1.35 bits per heavy atom. The lowest BCUT2D eigenvalue weighted by Gasteiger charge is -2.33. The minimum atomic E-state index is 0.368. The second-order valence-corrected chi connectivity index (χ2v) is 5.56. The number of ether oxygens (including phenoxy) is 1. The van der Waals surface area contributed by atoms with E-state index in [1.165, 1.54) is 25.8 Å². The van der Waals surface area contributed by atoms with Gasteiger partial charge in [-0.2, -0.15) is 0 Å². The molecule has 0 saturated carbocycles. The molecular formula is C14H30N2O. The summed E-state index contributed by atoms with van der Waals surface area (Å²) in [5, 5.41) is 3.46. The standard InChI is InChI=1S/C14H30N2O/c1-5-14(10-15-12(2)3)17-11-13-8-6-7-9-16(13)4/h12-15H,5-11H2,1-4H3. The monoisotopic (exact) mass is 242 g/mol. The summed E-state index contributed by atoms with van der Waals surface area (Å²) in [4.78, 5) is 2.45. The first-order valence-electron chi connectivity index (χ1n) is 7.18. The van der Waals surface area contributed by atoms with Crippen molar-refractivity contribution in [1.82, 2.24) is 10.2 Å². The topological polar surface area (TPSA) is 24.5 Å². The van der Waals surface area contributed by atoms with Crippen molar-refractivity contribution in [2.75, 3.05) is 26.7 Å². The van der Waals surface area contributed by atoms with Crippen molar-refractivity contribution in [3.05, 3.63) is 0 Å². The van der Waals surface area contributed by atoms with Gasteiger partial charge in [0.05, 0.1) is 12.7 Å². The highest BCUT2D eigenvalue weighted by Crippen LogP contribution is 2.15. The average Bonchev–Trinajstić information content (AvgIpc) is 2.31. The van der Waals surface area contributed by atoms with E-state index in [1.54, 1.807) is 0 Å². The number of piperidine rings is 1. The highest BCUT2D eigenvalue weighted by atomic mass is 16.5. The molecule has 2 atom stereocenters. The van der Waals surface area contributed by atoms with Gasteiger partial charge in [-0.15, -0.1) is 0 Å². The Balaban J connectivity index is 2.21. The first kappa shape index (κ1) is 14.9. The van der Waals surface area contributed by atoms with Gasteiger partial charge >= 0.3 is 0 Å². The molecule has 1 aliphatic rings. The number of likely N-dealkylation sites (tertiary alicyclic amines) is 1. The van der Waals surface area contributed by atoms with Gasteiger partial charge in [-0.3, -0.25) is 0 Å². The van der Waals surface area contributed by atoms with Crippen LogP contribution in [0.1, 0.15) is 46.5 Å². The molecule has 1 heterocycles. The molecule has 0 bridgehead atoms. The van der Waals surface area contributed by atoms with Crippen molar-refractivity contribution < 1.29 is 4.74 Å². The molecule has 1 N–H and O–H groups in total. The van der Waals surface area contributed by atoms with Crippen LogP contribution in [0.25, 0.3) is 0 Å². The molecule has 1 aliphatic heterocycles. The number of nitrogens with zero attached hydrogens (tertiary/aromatic N) is 1. The molecule has 1 fully saturated rings. The molecule has 0 aromatic rings. The van der Waals surface area contributed by atoms with E-state index in [1.807, 2.05) is 0 Å². The number of rotatable bonds is 7.